The van der Waals surface area contributed by atoms with Gasteiger partial charge in [-0.3, -0.25) is 5.32 Å². The van der Waals surface area contributed by atoms with Crippen molar-refractivity contribution in [3.8, 4) is 0 Å². The molecule has 1 aliphatic heterocycles. The quantitative estimate of drug-likeness (QED) is 0.789. The number of amidine groups is 1. The van der Waals surface area contributed by atoms with Crippen LogP contribution in [0.4, 0.5) is 5.69 Å². The fourth-order valence-corrected chi connectivity index (χ4v) is 3.65. The second-order valence-corrected chi connectivity index (χ2v) is 7.33. The number of hydrogen-bond donors (Lipinski definition) is 1. The molecule has 1 aliphatic rings. The zero-order valence-electron chi connectivity index (χ0n) is 15.6. The Labute approximate surface area is 146 Å². The standard InChI is InChI=1S/C22H28N2/c1-15(2)18-10-8-11-19(16(3)4)21(18)22-23-13-14-24(22)20-12-7-6-9-17(20)5/h6-12,15-16H,13-14H2,1-5H3/p+1. The van der Waals surface area contributed by atoms with E-state index in [0.29, 0.717) is 11.8 Å². The van der Waals surface area contributed by atoms with Crippen LogP contribution in [0.25, 0.3) is 0 Å². The molecule has 1 heterocycles. The van der Waals surface area contributed by atoms with Gasteiger partial charge in [0.05, 0.1) is 5.56 Å². The van der Waals surface area contributed by atoms with Crippen molar-refractivity contribution >= 4 is 11.5 Å². The first-order valence-electron chi connectivity index (χ1n) is 9.08. The van der Waals surface area contributed by atoms with E-state index in [-0.39, 0.29) is 0 Å². The molecule has 0 radical (unpaired) electrons. The molecule has 0 saturated carbocycles. The molecule has 0 atom stereocenters. The van der Waals surface area contributed by atoms with Gasteiger partial charge in [-0.05, 0) is 41.5 Å². The lowest BCUT2D eigenvalue weighted by Crippen LogP contribution is -2.26. The summed E-state index contributed by atoms with van der Waals surface area (Å²) in [5.74, 6) is 2.29. The first-order chi connectivity index (χ1) is 11.5. The Morgan fingerprint density at radius 3 is 2.08 bits per heavy atom. The molecule has 0 fully saturated rings. The second-order valence-electron chi connectivity index (χ2n) is 7.33. The molecule has 1 N–H and O–H groups in total. The van der Waals surface area contributed by atoms with Crippen LogP contribution in [0.15, 0.2) is 42.5 Å². The summed E-state index contributed by atoms with van der Waals surface area (Å²) in [6, 6.07) is 15.5. The third kappa shape index (κ3) is 2.98. The third-order valence-corrected chi connectivity index (χ3v) is 4.91. The third-order valence-electron chi connectivity index (χ3n) is 4.91. The minimum absolute atomic E-state index is 0.507. The molecule has 0 aromatic heterocycles. The lowest BCUT2D eigenvalue weighted by molar-refractivity contribution is -0.428. The average Bonchev–Trinajstić information content (AvgIpc) is 3.03. The van der Waals surface area contributed by atoms with Gasteiger partial charge in [0.2, 0.25) is 0 Å². The fraction of sp³-hybridized carbons (Fsp3) is 0.409. The maximum absolute atomic E-state index is 3.68. The van der Waals surface area contributed by atoms with Gasteiger partial charge in [-0.25, -0.2) is 4.58 Å². The van der Waals surface area contributed by atoms with E-state index in [0.717, 1.165) is 13.1 Å². The van der Waals surface area contributed by atoms with E-state index >= 15 is 0 Å². The highest BCUT2D eigenvalue weighted by atomic mass is 15.2. The molecule has 0 unspecified atom stereocenters. The predicted molar refractivity (Wildman–Crippen MR) is 103 cm³/mol. The first kappa shape index (κ1) is 16.8. The zero-order valence-corrected chi connectivity index (χ0v) is 15.6. The van der Waals surface area contributed by atoms with Crippen LogP contribution in [0.3, 0.4) is 0 Å². The number of hydrogen-bond acceptors (Lipinski definition) is 1. The smallest absolute Gasteiger partial charge is 0.270 e. The predicted octanol–water partition coefficient (Wildman–Crippen LogP) is 4.94. The Morgan fingerprint density at radius 2 is 1.50 bits per heavy atom. The van der Waals surface area contributed by atoms with Crippen molar-refractivity contribution in [1.29, 1.82) is 0 Å². The monoisotopic (exact) mass is 321 g/mol. The van der Waals surface area contributed by atoms with Crippen molar-refractivity contribution in [3.63, 3.8) is 0 Å². The highest BCUT2D eigenvalue weighted by molar-refractivity contribution is 5.99. The number of rotatable bonds is 4. The van der Waals surface area contributed by atoms with Gasteiger partial charge in [0.25, 0.3) is 5.84 Å². The first-order valence-corrected chi connectivity index (χ1v) is 9.08. The van der Waals surface area contributed by atoms with Crippen LogP contribution in [0.5, 0.6) is 0 Å². The van der Waals surface area contributed by atoms with Crippen molar-refractivity contribution in [2.24, 2.45) is 0 Å². The molecule has 126 valence electrons. The van der Waals surface area contributed by atoms with Crippen LogP contribution in [-0.4, -0.2) is 23.5 Å². The molecular weight excluding hydrogens is 292 g/mol. The molecule has 0 aliphatic carbocycles. The highest BCUT2D eigenvalue weighted by Gasteiger charge is 2.30. The van der Waals surface area contributed by atoms with E-state index in [4.69, 9.17) is 0 Å². The van der Waals surface area contributed by atoms with Crippen molar-refractivity contribution in [2.75, 3.05) is 13.1 Å². The summed E-state index contributed by atoms with van der Waals surface area (Å²) in [6.07, 6.45) is 0. The van der Waals surface area contributed by atoms with Gasteiger partial charge in [-0.2, -0.15) is 0 Å². The molecule has 0 amide bonds. The van der Waals surface area contributed by atoms with Gasteiger partial charge < -0.3 is 0 Å². The van der Waals surface area contributed by atoms with Crippen LogP contribution in [0.1, 0.15) is 61.8 Å². The van der Waals surface area contributed by atoms with Crippen molar-refractivity contribution < 1.29 is 4.58 Å². The number of benzene rings is 2. The SMILES string of the molecule is Cc1ccccc1[N+]1=C(c2c(C(C)C)cccc2C(C)C)NCC1. The number of para-hydroxylation sites is 1. The second kappa shape index (κ2) is 6.80. The van der Waals surface area contributed by atoms with Crippen LogP contribution >= 0.6 is 0 Å². The Balaban J connectivity index is 2.27. The van der Waals surface area contributed by atoms with Gasteiger partial charge in [0.1, 0.15) is 18.8 Å². The van der Waals surface area contributed by atoms with Gasteiger partial charge in [0.15, 0.2) is 0 Å². The number of nitrogens with zero attached hydrogens (tertiary/aromatic N) is 1. The van der Waals surface area contributed by atoms with E-state index < -0.39 is 0 Å². The maximum Gasteiger partial charge on any atom is 0.283 e. The summed E-state index contributed by atoms with van der Waals surface area (Å²) in [4.78, 5) is 0. The highest BCUT2D eigenvalue weighted by Crippen LogP contribution is 2.30. The summed E-state index contributed by atoms with van der Waals surface area (Å²) in [7, 11) is 0. The summed E-state index contributed by atoms with van der Waals surface area (Å²) in [5.41, 5.74) is 6.91. The Bertz CT molecular complexity index is 743. The molecule has 2 aromatic carbocycles. The van der Waals surface area contributed by atoms with E-state index in [1.807, 2.05) is 0 Å². The summed E-state index contributed by atoms with van der Waals surface area (Å²) in [6.45, 7) is 13.4. The lowest BCUT2D eigenvalue weighted by atomic mass is 9.88. The molecule has 24 heavy (non-hydrogen) atoms. The fourth-order valence-electron chi connectivity index (χ4n) is 3.65. The van der Waals surface area contributed by atoms with Gasteiger partial charge in [-0.1, -0.05) is 64.1 Å². The summed E-state index contributed by atoms with van der Waals surface area (Å²) < 4.78 is 2.46. The van der Waals surface area contributed by atoms with E-state index in [9.17, 15) is 0 Å². The molecule has 2 nitrogen and oxygen atoms in total. The number of aryl methyl sites for hydroxylation is 1. The zero-order chi connectivity index (χ0) is 17.3. The largest absolute Gasteiger partial charge is 0.283 e. The van der Waals surface area contributed by atoms with Crippen molar-refractivity contribution in [3.05, 3.63) is 64.7 Å². The molecule has 0 bridgehead atoms. The van der Waals surface area contributed by atoms with Crippen LogP contribution in [0.2, 0.25) is 0 Å². The van der Waals surface area contributed by atoms with Gasteiger partial charge in [0, 0.05) is 0 Å². The maximum atomic E-state index is 3.68. The number of nitrogens with one attached hydrogen (secondary N) is 1. The van der Waals surface area contributed by atoms with E-state index in [1.165, 1.54) is 33.8 Å². The summed E-state index contributed by atoms with van der Waals surface area (Å²) in [5, 5.41) is 3.68. The van der Waals surface area contributed by atoms with Crippen molar-refractivity contribution in [2.45, 2.75) is 46.5 Å². The van der Waals surface area contributed by atoms with Gasteiger partial charge >= 0.3 is 0 Å². The van der Waals surface area contributed by atoms with Crippen LogP contribution < -0.4 is 5.32 Å². The van der Waals surface area contributed by atoms with Crippen LogP contribution in [-0.2, 0) is 0 Å². The van der Waals surface area contributed by atoms with Crippen LogP contribution in [0, 0.1) is 6.92 Å². The molecular formula is C22H29N2+. The Hall–Kier alpha value is -2.09. The topological polar surface area (TPSA) is 15.0 Å². The normalized spacial score (nSPS) is 14.6. The Kier molecular flexibility index (Phi) is 4.75. The van der Waals surface area contributed by atoms with Crippen molar-refractivity contribution in [1.82, 2.24) is 5.32 Å². The summed E-state index contributed by atoms with van der Waals surface area (Å²) >= 11 is 0. The molecule has 2 aromatic rings. The van der Waals surface area contributed by atoms with Gasteiger partial charge in [-0.15, -0.1) is 0 Å². The molecule has 0 spiro atoms. The minimum Gasteiger partial charge on any atom is -0.270 e. The Morgan fingerprint density at radius 1 is 0.875 bits per heavy atom. The van der Waals surface area contributed by atoms with E-state index in [1.54, 1.807) is 0 Å². The minimum atomic E-state index is 0.507. The molecule has 3 rings (SSSR count). The molecule has 0 saturated heterocycles. The molecule has 2 heteroatoms. The lowest BCUT2D eigenvalue weighted by Gasteiger charge is -2.18. The van der Waals surface area contributed by atoms with E-state index in [2.05, 4.69) is 87.0 Å². The average molecular weight is 321 g/mol.